The Balaban J connectivity index is 3.39. The highest BCUT2D eigenvalue weighted by atomic mass is 19.4. The van der Waals surface area contributed by atoms with Crippen molar-refractivity contribution < 1.29 is 23.0 Å². The molecule has 0 aliphatic heterocycles. The minimum absolute atomic E-state index is 0.480. The van der Waals surface area contributed by atoms with Crippen LogP contribution in [0.5, 0.6) is 0 Å². The van der Waals surface area contributed by atoms with Crippen LogP contribution in [-0.2, 0) is 4.74 Å². The summed E-state index contributed by atoms with van der Waals surface area (Å²) in [5.41, 5.74) is -2.62. The van der Waals surface area contributed by atoms with E-state index in [9.17, 15) is 18.3 Å². The Bertz CT molecular complexity index is 346. The summed E-state index contributed by atoms with van der Waals surface area (Å²) in [5, 5.41) is 9.98. The molecule has 0 aromatic heterocycles. The second kappa shape index (κ2) is 3.72. The number of alkyl halides is 3. The van der Waals surface area contributed by atoms with E-state index in [4.69, 9.17) is 4.74 Å². The predicted molar refractivity (Wildman–Crippen MR) is 58.3 cm³/mol. The second-order valence-corrected chi connectivity index (χ2v) is 5.51. The molecule has 17 heavy (non-hydrogen) atoms. The quantitative estimate of drug-likeness (QED) is 0.573. The van der Waals surface area contributed by atoms with Gasteiger partial charge in [-0.3, -0.25) is 0 Å². The summed E-state index contributed by atoms with van der Waals surface area (Å²) < 4.78 is 44.7. The van der Waals surface area contributed by atoms with Gasteiger partial charge in [0.2, 0.25) is 0 Å². The molecule has 0 heterocycles. The Kier molecular flexibility index (Phi) is 3.17. The topological polar surface area (TPSA) is 29.5 Å². The lowest BCUT2D eigenvalue weighted by molar-refractivity contribution is -0.290. The number of halogens is 3. The van der Waals surface area contributed by atoms with Gasteiger partial charge in [0.15, 0.2) is 5.79 Å². The predicted octanol–water partition coefficient (Wildman–Crippen LogP) is 3.27. The Morgan fingerprint density at radius 3 is 2.12 bits per heavy atom. The first-order valence-corrected chi connectivity index (χ1v) is 5.44. The Labute approximate surface area is 99.5 Å². The average Bonchev–Trinajstić information content (AvgIpc) is 2.13. The van der Waals surface area contributed by atoms with Crippen LogP contribution < -0.4 is 0 Å². The van der Waals surface area contributed by atoms with Crippen molar-refractivity contribution >= 4 is 0 Å². The van der Waals surface area contributed by atoms with E-state index in [1.807, 2.05) is 0 Å². The number of rotatable bonds is 1. The second-order valence-electron chi connectivity index (χ2n) is 5.51. The van der Waals surface area contributed by atoms with E-state index in [0.29, 0.717) is 5.57 Å². The van der Waals surface area contributed by atoms with Crippen molar-refractivity contribution in [2.24, 2.45) is 10.8 Å². The molecule has 0 amide bonds. The maximum Gasteiger partial charge on any atom is 0.395 e. The van der Waals surface area contributed by atoms with Gasteiger partial charge in [-0.2, -0.15) is 13.2 Å². The smallest absolute Gasteiger partial charge is 0.362 e. The molecule has 0 spiro atoms. The first kappa shape index (κ1) is 14.5. The first-order chi connectivity index (χ1) is 7.40. The zero-order valence-electron chi connectivity index (χ0n) is 10.8. The molecule has 0 aromatic carbocycles. The lowest BCUT2D eigenvalue weighted by Crippen LogP contribution is -2.55. The van der Waals surface area contributed by atoms with Crippen LogP contribution in [0.25, 0.3) is 0 Å². The monoisotopic (exact) mass is 252 g/mol. The van der Waals surface area contributed by atoms with Crippen LogP contribution in [-0.4, -0.2) is 24.2 Å². The third kappa shape index (κ3) is 1.99. The van der Waals surface area contributed by atoms with Crippen LogP contribution in [0.1, 0.15) is 34.1 Å². The van der Waals surface area contributed by atoms with E-state index in [1.165, 1.54) is 13.2 Å². The molecular weight excluding hydrogens is 233 g/mol. The van der Waals surface area contributed by atoms with Crippen molar-refractivity contribution in [3.8, 4) is 0 Å². The molecule has 1 aliphatic carbocycles. The molecule has 0 fully saturated rings. The molecule has 2 atom stereocenters. The molecule has 0 aromatic rings. The summed E-state index contributed by atoms with van der Waals surface area (Å²) in [6.45, 7) is 5.81. The maximum absolute atomic E-state index is 13.3. The van der Waals surface area contributed by atoms with Gasteiger partial charge in [-0.1, -0.05) is 19.4 Å². The average molecular weight is 252 g/mol. The van der Waals surface area contributed by atoms with Gasteiger partial charge >= 0.3 is 6.18 Å². The SMILES string of the molecule is COC1(O)C=C(C)C(C)(C)C(C)(C(F)(F)F)C1. The van der Waals surface area contributed by atoms with Gasteiger partial charge in [0.05, 0.1) is 5.41 Å². The lowest BCUT2D eigenvalue weighted by Gasteiger charge is -2.52. The summed E-state index contributed by atoms with van der Waals surface area (Å²) in [7, 11) is 1.21. The van der Waals surface area contributed by atoms with Gasteiger partial charge in [-0.25, -0.2) is 0 Å². The van der Waals surface area contributed by atoms with Crippen LogP contribution in [0.15, 0.2) is 11.6 Å². The maximum atomic E-state index is 13.3. The number of hydrogen-bond acceptors (Lipinski definition) is 2. The molecule has 0 saturated carbocycles. The van der Waals surface area contributed by atoms with Gasteiger partial charge in [-0.05, 0) is 25.3 Å². The molecule has 2 unspecified atom stereocenters. The summed E-state index contributed by atoms with van der Waals surface area (Å²) >= 11 is 0. The first-order valence-electron chi connectivity index (χ1n) is 5.44. The fourth-order valence-corrected chi connectivity index (χ4v) is 2.32. The zero-order valence-corrected chi connectivity index (χ0v) is 10.8. The van der Waals surface area contributed by atoms with Gasteiger partial charge in [0, 0.05) is 13.5 Å². The van der Waals surface area contributed by atoms with Crippen LogP contribution in [0.3, 0.4) is 0 Å². The number of ether oxygens (including phenoxy) is 1. The molecule has 1 N–H and O–H groups in total. The summed E-state index contributed by atoms with van der Waals surface area (Å²) in [4.78, 5) is 0. The lowest BCUT2D eigenvalue weighted by atomic mass is 9.56. The molecule has 0 radical (unpaired) electrons. The summed E-state index contributed by atoms with van der Waals surface area (Å²) in [5.74, 6) is -1.84. The van der Waals surface area contributed by atoms with E-state index in [1.54, 1.807) is 20.8 Å². The molecule has 0 saturated heterocycles. The summed E-state index contributed by atoms with van der Waals surface area (Å²) in [6, 6.07) is 0. The van der Waals surface area contributed by atoms with Gasteiger partial charge < -0.3 is 9.84 Å². The third-order valence-electron chi connectivity index (χ3n) is 4.39. The van der Waals surface area contributed by atoms with Crippen LogP contribution >= 0.6 is 0 Å². The van der Waals surface area contributed by atoms with Crippen LogP contribution in [0.2, 0.25) is 0 Å². The normalized spacial score (nSPS) is 37.8. The van der Waals surface area contributed by atoms with Crippen molar-refractivity contribution in [1.82, 2.24) is 0 Å². The fraction of sp³-hybridized carbons (Fsp3) is 0.833. The Hall–Kier alpha value is -0.550. The van der Waals surface area contributed by atoms with Crippen molar-refractivity contribution in [2.75, 3.05) is 7.11 Å². The molecule has 0 bridgehead atoms. The van der Waals surface area contributed by atoms with E-state index in [0.717, 1.165) is 6.92 Å². The molecule has 100 valence electrons. The van der Waals surface area contributed by atoms with Crippen molar-refractivity contribution in [1.29, 1.82) is 0 Å². The van der Waals surface area contributed by atoms with E-state index in [2.05, 4.69) is 0 Å². The van der Waals surface area contributed by atoms with Crippen LogP contribution in [0.4, 0.5) is 13.2 Å². The highest BCUT2D eigenvalue weighted by molar-refractivity contribution is 5.25. The Morgan fingerprint density at radius 2 is 1.76 bits per heavy atom. The highest BCUT2D eigenvalue weighted by Crippen LogP contribution is 2.60. The minimum atomic E-state index is -4.40. The van der Waals surface area contributed by atoms with Crippen molar-refractivity contribution in [3.05, 3.63) is 11.6 Å². The van der Waals surface area contributed by atoms with Crippen molar-refractivity contribution in [2.45, 2.75) is 46.1 Å². The number of allylic oxidation sites excluding steroid dienone is 1. The zero-order chi connectivity index (χ0) is 13.7. The highest BCUT2D eigenvalue weighted by Gasteiger charge is 2.64. The molecule has 1 aliphatic rings. The van der Waals surface area contributed by atoms with E-state index in [-0.39, 0.29) is 0 Å². The number of methoxy groups -OCH3 is 1. The minimum Gasteiger partial charge on any atom is -0.362 e. The molecule has 5 heteroatoms. The molecule has 1 rings (SSSR count). The molecule has 2 nitrogen and oxygen atoms in total. The van der Waals surface area contributed by atoms with E-state index >= 15 is 0 Å². The van der Waals surface area contributed by atoms with Gasteiger partial charge in [-0.15, -0.1) is 0 Å². The van der Waals surface area contributed by atoms with Gasteiger partial charge in [0.25, 0.3) is 0 Å². The largest absolute Gasteiger partial charge is 0.395 e. The Morgan fingerprint density at radius 1 is 1.29 bits per heavy atom. The number of aliphatic hydroxyl groups is 1. The standard InChI is InChI=1S/C12H19F3O2/c1-8-6-11(16,17-5)7-10(4,9(8,2)3)12(13,14)15/h6,16H,7H2,1-5H3. The van der Waals surface area contributed by atoms with Crippen molar-refractivity contribution in [3.63, 3.8) is 0 Å². The van der Waals surface area contributed by atoms with Crippen LogP contribution in [0, 0.1) is 10.8 Å². The summed E-state index contributed by atoms with van der Waals surface area (Å²) in [6.07, 6.45) is -3.52. The van der Waals surface area contributed by atoms with Gasteiger partial charge in [0.1, 0.15) is 0 Å². The third-order valence-corrected chi connectivity index (χ3v) is 4.39. The fourth-order valence-electron chi connectivity index (χ4n) is 2.32. The molecular formula is C12H19F3O2. The number of hydrogen-bond donors (Lipinski definition) is 1. The van der Waals surface area contributed by atoms with E-state index < -0.39 is 29.2 Å².